The van der Waals surface area contributed by atoms with E-state index in [0.29, 0.717) is 18.0 Å². The highest BCUT2D eigenvalue weighted by atomic mass is 16.3. The van der Waals surface area contributed by atoms with Crippen LogP contribution in [0.15, 0.2) is 12.3 Å². The predicted molar refractivity (Wildman–Crippen MR) is 58.3 cm³/mol. The molecule has 86 valence electrons. The van der Waals surface area contributed by atoms with Crippen molar-refractivity contribution in [3.63, 3.8) is 0 Å². The lowest BCUT2D eigenvalue weighted by Gasteiger charge is -2.06. The van der Waals surface area contributed by atoms with Crippen LogP contribution in [0.3, 0.4) is 0 Å². The summed E-state index contributed by atoms with van der Waals surface area (Å²) in [5.41, 5.74) is 0.646. The number of rotatable bonds is 6. The van der Waals surface area contributed by atoms with Gasteiger partial charge in [-0.1, -0.05) is 13.8 Å². The van der Waals surface area contributed by atoms with E-state index in [1.807, 2.05) is 10.9 Å². The van der Waals surface area contributed by atoms with Crippen LogP contribution in [0.1, 0.15) is 38.5 Å². The van der Waals surface area contributed by atoms with E-state index in [1.54, 1.807) is 6.07 Å². The van der Waals surface area contributed by atoms with Gasteiger partial charge in [0.05, 0.1) is 11.8 Å². The van der Waals surface area contributed by atoms with Crippen molar-refractivity contribution in [2.24, 2.45) is 5.92 Å². The number of hydrogen-bond donors (Lipinski definition) is 2. The monoisotopic (exact) mass is 212 g/mol. The van der Waals surface area contributed by atoms with E-state index in [0.717, 1.165) is 13.0 Å². The number of aliphatic hydroxyl groups excluding tert-OH is 2. The van der Waals surface area contributed by atoms with Crippen molar-refractivity contribution < 1.29 is 10.2 Å². The molecule has 15 heavy (non-hydrogen) atoms. The Morgan fingerprint density at radius 3 is 2.73 bits per heavy atom. The maximum atomic E-state index is 9.58. The first-order valence-corrected chi connectivity index (χ1v) is 5.45. The average molecular weight is 212 g/mol. The molecule has 1 heterocycles. The second kappa shape index (κ2) is 5.88. The molecular formula is C11H20N2O2. The maximum Gasteiger partial charge on any atom is 0.1000 e. The fourth-order valence-corrected chi connectivity index (χ4v) is 1.34. The van der Waals surface area contributed by atoms with Gasteiger partial charge >= 0.3 is 0 Å². The third-order valence-corrected chi connectivity index (χ3v) is 2.34. The highest BCUT2D eigenvalue weighted by Crippen LogP contribution is 2.13. The minimum Gasteiger partial charge on any atom is -0.396 e. The van der Waals surface area contributed by atoms with Gasteiger partial charge in [0.25, 0.3) is 0 Å². The Balaban J connectivity index is 2.48. The molecule has 0 unspecified atom stereocenters. The van der Waals surface area contributed by atoms with Crippen molar-refractivity contribution in [3.05, 3.63) is 18.0 Å². The lowest BCUT2D eigenvalue weighted by atomic mass is 10.1. The van der Waals surface area contributed by atoms with Gasteiger partial charge in [0.2, 0.25) is 0 Å². The zero-order chi connectivity index (χ0) is 11.3. The third-order valence-electron chi connectivity index (χ3n) is 2.34. The van der Waals surface area contributed by atoms with Crippen molar-refractivity contribution in [3.8, 4) is 0 Å². The molecule has 4 heteroatoms. The van der Waals surface area contributed by atoms with Gasteiger partial charge in [0.1, 0.15) is 0 Å². The smallest absolute Gasteiger partial charge is 0.1000 e. The molecule has 0 saturated carbocycles. The molecule has 0 saturated heterocycles. The van der Waals surface area contributed by atoms with E-state index in [2.05, 4.69) is 18.9 Å². The molecule has 0 fully saturated rings. The van der Waals surface area contributed by atoms with E-state index >= 15 is 0 Å². The van der Waals surface area contributed by atoms with Crippen LogP contribution in [0.25, 0.3) is 0 Å². The lowest BCUT2D eigenvalue weighted by Crippen LogP contribution is -2.05. The molecule has 1 aromatic heterocycles. The molecule has 1 atom stereocenters. The molecule has 2 N–H and O–H groups in total. The Labute approximate surface area is 90.5 Å². The molecule has 1 rings (SSSR count). The summed E-state index contributed by atoms with van der Waals surface area (Å²) in [6.07, 6.45) is 2.66. The summed E-state index contributed by atoms with van der Waals surface area (Å²) in [4.78, 5) is 0. The SMILES string of the molecule is CC(C)CCn1ccc([C@@H](O)CCO)n1. The molecule has 0 aromatic carbocycles. The summed E-state index contributed by atoms with van der Waals surface area (Å²) in [5.74, 6) is 0.653. The Hall–Kier alpha value is -0.870. The Bertz CT molecular complexity index is 284. The van der Waals surface area contributed by atoms with Gasteiger partial charge in [-0.05, 0) is 18.4 Å². The summed E-state index contributed by atoms with van der Waals surface area (Å²) in [6, 6.07) is 1.81. The zero-order valence-electron chi connectivity index (χ0n) is 9.43. The molecule has 4 nitrogen and oxygen atoms in total. The fraction of sp³-hybridized carbons (Fsp3) is 0.727. The largest absolute Gasteiger partial charge is 0.396 e. The van der Waals surface area contributed by atoms with E-state index in [-0.39, 0.29) is 6.61 Å². The molecule has 0 radical (unpaired) electrons. The number of hydrogen-bond acceptors (Lipinski definition) is 3. The van der Waals surface area contributed by atoms with Crippen molar-refractivity contribution in [2.45, 2.75) is 39.3 Å². The van der Waals surface area contributed by atoms with Gasteiger partial charge in [-0.2, -0.15) is 5.10 Å². The van der Waals surface area contributed by atoms with E-state index in [4.69, 9.17) is 5.11 Å². The fourth-order valence-electron chi connectivity index (χ4n) is 1.34. The number of aromatic nitrogens is 2. The summed E-state index contributed by atoms with van der Waals surface area (Å²) < 4.78 is 1.84. The van der Waals surface area contributed by atoms with Crippen LogP contribution in [-0.4, -0.2) is 26.6 Å². The Morgan fingerprint density at radius 2 is 2.13 bits per heavy atom. The van der Waals surface area contributed by atoms with Crippen molar-refractivity contribution in [1.29, 1.82) is 0 Å². The molecule has 1 aromatic rings. The molecule has 0 bridgehead atoms. The van der Waals surface area contributed by atoms with Gasteiger partial charge in [0, 0.05) is 25.8 Å². The van der Waals surface area contributed by atoms with Crippen LogP contribution in [0, 0.1) is 5.92 Å². The summed E-state index contributed by atoms with van der Waals surface area (Å²) in [6.45, 7) is 5.21. The van der Waals surface area contributed by atoms with E-state index in [1.165, 1.54) is 0 Å². The second-order valence-electron chi connectivity index (χ2n) is 4.21. The van der Waals surface area contributed by atoms with E-state index < -0.39 is 6.10 Å². The lowest BCUT2D eigenvalue weighted by molar-refractivity contribution is 0.130. The summed E-state index contributed by atoms with van der Waals surface area (Å²) in [5, 5.41) is 22.5. The predicted octanol–water partition coefficient (Wildman–Crippen LogP) is 1.34. The first kappa shape index (κ1) is 12.2. The van der Waals surface area contributed by atoms with Gasteiger partial charge < -0.3 is 10.2 Å². The quantitative estimate of drug-likeness (QED) is 0.748. The van der Waals surface area contributed by atoms with Crippen molar-refractivity contribution in [1.82, 2.24) is 9.78 Å². The maximum absolute atomic E-state index is 9.58. The van der Waals surface area contributed by atoms with Crippen molar-refractivity contribution >= 4 is 0 Å². The average Bonchev–Trinajstić information content (AvgIpc) is 2.63. The van der Waals surface area contributed by atoms with Gasteiger partial charge in [0.15, 0.2) is 0 Å². The van der Waals surface area contributed by atoms with Crippen molar-refractivity contribution in [2.75, 3.05) is 6.61 Å². The normalized spacial score (nSPS) is 13.4. The zero-order valence-corrected chi connectivity index (χ0v) is 9.43. The number of aryl methyl sites for hydroxylation is 1. The van der Waals surface area contributed by atoms with Gasteiger partial charge in [-0.3, -0.25) is 4.68 Å². The summed E-state index contributed by atoms with van der Waals surface area (Å²) in [7, 11) is 0. The summed E-state index contributed by atoms with van der Waals surface area (Å²) >= 11 is 0. The van der Waals surface area contributed by atoms with Crippen LogP contribution in [0.2, 0.25) is 0 Å². The number of aliphatic hydroxyl groups is 2. The first-order valence-electron chi connectivity index (χ1n) is 5.45. The third kappa shape index (κ3) is 4.01. The van der Waals surface area contributed by atoms with Crippen LogP contribution < -0.4 is 0 Å². The Morgan fingerprint density at radius 1 is 1.40 bits per heavy atom. The van der Waals surface area contributed by atoms with E-state index in [9.17, 15) is 5.11 Å². The topological polar surface area (TPSA) is 58.3 Å². The molecule has 0 spiro atoms. The van der Waals surface area contributed by atoms with Gasteiger partial charge in [-0.15, -0.1) is 0 Å². The molecule has 0 aliphatic carbocycles. The number of nitrogens with zero attached hydrogens (tertiary/aromatic N) is 2. The van der Waals surface area contributed by atoms with Crippen LogP contribution >= 0.6 is 0 Å². The second-order valence-corrected chi connectivity index (χ2v) is 4.21. The van der Waals surface area contributed by atoms with Gasteiger partial charge in [-0.25, -0.2) is 0 Å². The highest BCUT2D eigenvalue weighted by molar-refractivity contribution is 5.02. The Kier molecular flexibility index (Phi) is 4.78. The molecule has 0 aliphatic heterocycles. The minimum atomic E-state index is -0.643. The highest BCUT2D eigenvalue weighted by Gasteiger charge is 2.09. The first-order chi connectivity index (χ1) is 7.13. The van der Waals surface area contributed by atoms with Crippen LogP contribution in [0.5, 0.6) is 0 Å². The minimum absolute atomic E-state index is 0.0139. The standard InChI is InChI=1S/C11H20N2O2/c1-9(2)3-6-13-7-4-10(12-13)11(15)5-8-14/h4,7,9,11,14-15H,3,5-6,8H2,1-2H3/t11-/m0/s1. The molecule has 0 amide bonds. The van der Waals surface area contributed by atoms with Crippen LogP contribution in [-0.2, 0) is 6.54 Å². The molecular weight excluding hydrogens is 192 g/mol. The van der Waals surface area contributed by atoms with Crippen LogP contribution in [0.4, 0.5) is 0 Å². The molecule has 0 aliphatic rings.